The molecule has 0 aromatic heterocycles. The Morgan fingerprint density at radius 2 is 1.65 bits per heavy atom. The molecular weight excluding hydrogens is 334 g/mol. The van der Waals surface area contributed by atoms with Crippen LogP contribution in [-0.4, -0.2) is 30.9 Å². The summed E-state index contributed by atoms with van der Waals surface area (Å²) in [4.78, 5) is 35.6. The molecule has 0 aliphatic carbocycles. The summed E-state index contributed by atoms with van der Waals surface area (Å²) >= 11 is 0. The normalized spacial score (nSPS) is 10.1. The molecule has 2 aromatic rings. The van der Waals surface area contributed by atoms with Gasteiger partial charge in [-0.1, -0.05) is 19.1 Å². The quantitative estimate of drug-likeness (QED) is 0.579. The highest BCUT2D eigenvalue weighted by molar-refractivity contribution is 6.01. The average molecular weight is 355 g/mol. The van der Waals surface area contributed by atoms with Crippen LogP contribution in [0.3, 0.4) is 0 Å². The van der Waals surface area contributed by atoms with Crippen LogP contribution in [0.25, 0.3) is 0 Å². The molecule has 0 bridgehead atoms. The van der Waals surface area contributed by atoms with Crippen LogP contribution in [-0.2, 0) is 9.53 Å². The van der Waals surface area contributed by atoms with Gasteiger partial charge in [-0.25, -0.2) is 4.79 Å². The zero-order valence-corrected chi connectivity index (χ0v) is 14.8. The molecule has 2 aromatic carbocycles. The third-order valence-corrected chi connectivity index (χ3v) is 3.56. The zero-order chi connectivity index (χ0) is 18.9. The lowest BCUT2D eigenvalue weighted by molar-refractivity contribution is -0.118. The van der Waals surface area contributed by atoms with Gasteiger partial charge in [0.1, 0.15) is 5.75 Å². The van der Waals surface area contributed by atoms with Crippen molar-refractivity contribution < 1.29 is 23.9 Å². The number of hydrogen-bond donors (Lipinski definition) is 1. The number of Topliss-reactive ketones (excluding diaryl/α,β-unsaturated/α-hetero) is 1. The first-order chi connectivity index (χ1) is 12.5. The maximum atomic E-state index is 12.1. The smallest absolute Gasteiger partial charge is 0.340 e. The number of hydrogen-bond acceptors (Lipinski definition) is 5. The molecule has 0 heterocycles. The van der Waals surface area contributed by atoms with Gasteiger partial charge in [-0.05, 0) is 43.3 Å². The molecular formula is C20H21NO5. The van der Waals surface area contributed by atoms with Crippen molar-refractivity contribution in [3.05, 3.63) is 59.7 Å². The average Bonchev–Trinajstić information content (AvgIpc) is 2.66. The highest BCUT2D eigenvalue weighted by Gasteiger charge is 2.14. The molecule has 2 rings (SSSR count). The van der Waals surface area contributed by atoms with Crippen LogP contribution in [0.1, 0.15) is 41.0 Å². The fraction of sp³-hybridized carbons (Fsp3) is 0.250. The summed E-state index contributed by atoms with van der Waals surface area (Å²) in [5.74, 6) is -0.382. The standard InChI is InChI=1S/C20H21NO5/c1-3-18(22)14-9-11-15(12-10-14)26-13-19(23)21-17-8-6-5-7-16(17)20(24)25-4-2/h5-12H,3-4,13H2,1-2H3,(H,21,23). The minimum absolute atomic E-state index is 0.0462. The summed E-state index contributed by atoms with van der Waals surface area (Å²) in [5, 5.41) is 2.64. The molecule has 136 valence electrons. The first kappa shape index (κ1) is 19.2. The topological polar surface area (TPSA) is 81.7 Å². The van der Waals surface area contributed by atoms with Crippen molar-refractivity contribution in [1.82, 2.24) is 0 Å². The van der Waals surface area contributed by atoms with Gasteiger partial charge in [-0.15, -0.1) is 0 Å². The maximum absolute atomic E-state index is 12.1. The maximum Gasteiger partial charge on any atom is 0.340 e. The predicted octanol–water partition coefficient (Wildman–Crippen LogP) is 3.47. The summed E-state index contributed by atoms with van der Waals surface area (Å²) in [5.41, 5.74) is 1.25. The van der Waals surface area contributed by atoms with E-state index in [0.29, 0.717) is 23.4 Å². The van der Waals surface area contributed by atoms with E-state index in [1.54, 1.807) is 62.4 Å². The van der Waals surface area contributed by atoms with Crippen molar-refractivity contribution >= 4 is 23.3 Å². The molecule has 0 saturated heterocycles. The number of rotatable bonds is 8. The predicted molar refractivity (Wildman–Crippen MR) is 97.6 cm³/mol. The lowest BCUT2D eigenvalue weighted by Gasteiger charge is -2.11. The highest BCUT2D eigenvalue weighted by Crippen LogP contribution is 2.17. The van der Waals surface area contributed by atoms with Crippen molar-refractivity contribution in [1.29, 1.82) is 0 Å². The molecule has 0 aliphatic heterocycles. The summed E-state index contributed by atoms with van der Waals surface area (Å²) in [6, 6.07) is 13.2. The van der Waals surface area contributed by atoms with Crippen LogP contribution in [0.2, 0.25) is 0 Å². The number of esters is 1. The van der Waals surface area contributed by atoms with E-state index in [1.165, 1.54) is 0 Å². The van der Waals surface area contributed by atoms with Gasteiger partial charge in [0.25, 0.3) is 5.91 Å². The molecule has 26 heavy (non-hydrogen) atoms. The van der Waals surface area contributed by atoms with E-state index in [-0.39, 0.29) is 24.6 Å². The molecule has 0 unspecified atom stereocenters. The van der Waals surface area contributed by atoms with E-state index in [1.807, 2.05) is 0 Å². The number of nitrogens with one attached hydrogen (secondary N) is 1. The molecule has 0 atom stereocenters. The van der Waals surface area contributed by atoms with Gasteiger partial charge < -0.3 is 14.8 Å². The Balaban J connectivity index is 1.95. The lowest BCUT2D eigenvalue weighted by atomic mass is 10.1. The number of ether oxygens (including phenoxy) is 2. The third kappa shape index (κ3) is 5.17. The minimum atomic E-state index is -0.500. The van der Waals surface area contributed by atoms with Crippen LogP contribution >= 0.6 is 0 Å². The number of para-hydroxylation sites is 1. The molecule has 6 heteroatoms. The lowest BCUT2D eigenvalue weighted by Crippen LogP contribution is -2.22. The van der Waals surface area contributed by atoms with Crippen molar-refractivity contribution in [2.45, 2.75) is 20.3 Å². The van der Waals surface area contributed by atoms with Crippen molar-refractivity contribution in [3.63, 3.8) is 0 Å². The van der Waals surface area contributed by atoms with Crippen LogP contribution in [0.4, 0.5) is 5.69 Å². The fourth-order valence-electron chi connectivity index (χ4n) is 2.26. The van der Waals surface area contributed by atoms with Gasteiger partial charge in [0.05, 0.1) is 17.9 Å². The number of ketones is 1. The Hall–Kier alpha value is -3.15. The molecule has 1 N–H and O–H groups in total. The highest BCUT2D eigenvalue weighted by atomic mass is 16.5. The largest absolute Gasteiger partial charge is 0.484 e. The third-order valence-electron chi connectivity index (χ3n) is 3.56. The zero-order valence-electron chi connectivity index (χ0n) is 14.8. The van der Waals surface area contributed by atoms with E-state index in [2.05, 4.69) is 5.32 Å². The van der Waals surface area contributed by atoms with E-state index in [9.17, 15) is 14.4 Å². The van der Waals surface area contributed by atoms with Crippen molar-refractivity contribution in [2.75, 3.05) is 18.5 Å². The van der Waals surface area contributed by atoms with Gasteiger partial charge in [0, 0.05) is 12.0 Å². The Morgan fingerprint density at radius 1 is 0.962 bits per heavy atom. The minimum Gasteiger partial charge on any atom is -0.484 e. The number of benzene rings is 2. The van der Waals surface area contributed by atoms with Gasteiger partial charge in [-0.3, -0.25) is 9.59 Å². The van der Waals surface area contributed by atoms with Gasteiger partial charge in [-0.2, -0.15) is 0 Å². The first-order valence-corrected chi connectivity index (χ1v) is 8.37. The number of carbonyl (C=O) groups is 3. The fourth-order valence-corrected chi connectivity index (χ4v) is 2.26. The SMILES string of the molecule is CCOC(=O)c1ccccc1NC(=O)COc1ccc(C(=O)CC)cc1. The van der Waals surface area contributed by atoms with Crippen LogP contribution in [0, 0.1) is 0 Å². The molecule has 0 aliphatic rings. The van der Waals surface area contributed by atoms with E-state index in [0.717, 1.165) is 0 Å². The van der Waals surface area contributed by atoms with Crippen LogP contribution in [0.15, 0.2) is 48.5 Å². The van der Waals surface area contributed by atoms with Gasteiger partial charge in [0.2, 0.25) is 0 Å². The molecule has 0 radical (unpaired) electrons. The number of carbonyl (C=O) groups excluding carboxylic acids is 3. The number of amides is 1. The Bertz CT molecular complexity index is 783. The molecule has 0 spiro atoms. The summed E-state index contributed by atoms with van der Waals surface area (Å²) in [6.07, 6.45) is 0.433. The number of anilines is 1. The monoisotopic (exact) mass is 355 g/mol. The Labute approximate surface area is 152 Å². The second-order valence-electron chi connectivity index (χ2n) is 5.40. The van der Waals surface area contributed by atoms with Gasteiger partial charge >= 0.3 is 5.97 Å². The molecule has 0 saturated carbocycles. The molecule has 6 nitrogen and oxygen atoms in total. The Morgan fingerprint density at radius 3 is 2.31 bits per heavy atom. The second kappa shape index (κ2) is 9.36. The summed E-state index contributed by atoms with van der Waals surface area (Å²) in [6.45, 7) is 3.54. The summed E-state index contributed by atoms with van der Waals surface area (Å²) < 4.78 is 10.4. The summed E-state index contributed by atoms with van der Waals surface area (Å²) in [7, 11) is 0. The van der Waals surface area contributed by atoms with Crippen molar-refractivity contribution in [2.24, 2.45) is 0 Å². The van der Waals surface area contributed by atoms with Crippen LogP contribution in [0.5, 0.6) is 5.75 Å². The molecule has 1 amide bonds. The van der Waals surface area contributed by atoms with Crippen LogP contribution < -0.4 is 10.1 Å². The second-order valence-corrected chi connectivity index (χ2v) is 5.40. The van der Waals surface area contributed by atoms with E-state index >= 15 is 0 Å². The molecule has 0 fully saturated rings. The van der Waals surface area contributed by atoms with Gasteiger partial charge in [0.15, 0.2) is 12.4 Å². The van der Waals surface area contributed by atoms with E-state index in [4.69, 9.17) is 9.47 Å². The Kier molecular flexibility index (Phi) is 6.91. The first-order valence-electron chi connectivity index (χ1n) is 8.37. The van der Waals surface area contributed by atoms with Crippen molar-refractivity contribution in [3.8, 4) is 5.75 Å². The van der Waals surface area contributed by atoms with E-state index < -0.39 is 11.9 Å².